The first-order chi connectivity index (χ1) is 5.89. The Hall–Kier alpha value is -0.470. The van der Waals surface area contributed by atoms with Crippen LogP contribution in [0.1, 0.15) is 0 Å². The van der Waals surface area contributed by atoms with Gasteiger partial charge >= 0.3 is 5.08 Å². The van der Waals surface area contributed by atoms with E-state index < -0.39 is 7.51 Å². The Bertz CT molecular complexity index is 222. The Kier molecular flexibility index (Phi) is 4.51. The lowest BCUT2D eigenvalue weighted by Crippen LogP contribution is -2.30. The molecule has 0 rings (SSSR count). The van der Waals surface area contributed by atoms with Crippen molar-refractivity contribution in [1.82, 2.24) is 14.0 Å². The summed E-state index contributed by atoms with van der Waals surface area (Å²) in [6, 6.07) is 0. The summed E-state index contributed by atoms with van der Waals surface area (Å²) >= 11 is 0. The van der Waals surface area contributed by atoms with E-state index in [1.807, 2.05) is 56.3 Å². The Labute approximate surface area is 79.9 Å². The molecular weight excluding hydrogens is 187 g/mol. The fraction of sp³-hybridized carbons (Fsp3) is 1.00. The van der Waals surface area contributed by atoms with Gasteiger partial charge < -0.3 is 0 Å². The van der Waals surface area contributed by atoms with Gasteiger partial charge in [0.2, 0.25) is 0 Å². The molecule has 0 spiro atoms. The lowest BCUT2D eigenvalue weighted by Gasteiger charge is -2.35. The van der Waals surface area contributed by atoms with Gasteiger partial charge in [-0.2, -0.15) is 0 Å². The van der Waals surface area contributed by atoms with Crippen LogP contribution >= 0.6 is 7.51 Å². The summed E-state index contributed by atoms with van der Waals surface area (Å²) < 4.78 is 5.90. The fourth-order valence-electron chi connectivity index (χ4n) is 1.37. The molecule has 0 aromatic heterocycles. The van der Waals surface area contributed by atoms with E-state index in [2.05, 4.69) is 9.94 Å². The zero-order chi connectivity index (χ0) is 10.6. The number of hydrogen-bond acceptors (Lipinski definition) is 2. The van der Waals surface area contributed by atoms with E-state index in [1.165, 1.54) is 0 Å². The van der Waals surface area contributed by atoms with E-state index in [0.29, 0.717) is 0 Å². The average molecular weight is 205 g/mol. The topological polar surface area (TPSA) is 50.2 Å². The van der Waals surface area contributed by atoms with Gasteiger partial charge in [-0.1, -0.05) is 0 Å². The molecule has 0 aliphatic carbocycles. The van der Waals surface area contributed by atoms with Gasteiger partial charge in [0.1, 0.15) is 0 Å². The molecule has 0 unspecified atom stereocenters. The van der Waals surface area contributed by atoms with Gasteiger partial charge in [-0.3, -0.25) is 0 Å². The maximum atomic E-state index is 8.55. The minimum absolute atomic E-state index is 1.92. The van der Waals surface area contributed by atoms with E-state index in [4.69, 9.17) is 5.39 Å². The van der Waals surface area contributed by atoms with Gasteiger partial charge in [-0.05, 0) is 42.3 Å². The van der Waals surface area contributed by atoms with Gasteiger partial charge in [0.15, 0.2) is 4.85 Å². The number of nitrogens with zero attached hydrogens (tertiary/aromatic N) is 6. The summed E-state index contributed by atoms with van der Waals surface area (Å²) in [6.07, 6.45) is 0. The minimum atomic E-state index is -2.00. The lowest BCUT2D eigenvalue weighted by molar-refractivity contribution is 0.473. The molecule has 0 aliphatic heterocycles. The third-order valence-corrected chi connectivity index (χ3v) is 5.31. The monoisotopic (exact) mass is 205 g/mol. The quantitative estimate of drug-likeness (QED) is 0.397. The van der Waals surface area contributed by atoms with Gasteiger partial charge in [0.05, 0.1) is 0 Å². The van der Waals surface area contributed by atoms with Gasteiger partial charge in [0.25, 0.3) is 12.9 Å². The van der Waals surface area contributed by atoms with Crippen LogP contribution in [0.5, 0.6) is 0 Å². The van der Waals surface area contributed by atoms with E-state index in [-0.39, 0.29) is 0 Å². The summed E-state index contributed by atoms with van der Waals surface area (Å²) in [5.41, 5.74) is 0. The number of diazo groups is 1. The molecule has 13 heavy (non-hydrogen) atoms. The van der Waals surface area contributed by atoms with Gasteiger partial charge in [0, 0.05) is 0 Å². The standard InChI is InChI=1S/C6H18N6P/c1-10(2)13(9-8-7,11(3)4)12(5)6/h1-6H3/q+1. The van der Waals surface area contributed by atoms with Crippen LogP contribution in [-0.4, -0.2) is 56.3 Å². The van der Waals surface area contributed by atoms with Crippen LogP contribution in [0.2, 0.25) is 0 Å². The molecule has 0 N–H and O–H groups in total. The molecule has 7 heteroatoms. The third-order valence-electron chi connectivity index (χ3n) is 1.77. The Morgan fingerprint density at radius 3 is 1.31 bits per heavy atom. The van der Waals surface area contributed by atoms with Crippen LogP contribution in [0.3, 0.4) is 0 Å². The van der Waals surface area contributed by atoms with E-state index in [0.717, 1.165) is 0 Å². The first-order valence-electron chi connectivity index (χ1n) is 3.88. The molecular formula is C6H18N6P+. The summed E-state index contributed by atoms with van der Waals surface area (Å²) in [5.74, 6) is 0. The van der Waals surface area contributed by atoms with Crippen molar-refractivity contribution >= 4 is 7.51 Å². The van der Waals surface area contributed by atoms with Crippen molar-refractivity contribution in [2.45, 2.75) is 0 Å². The highest BCUT2D eigenvalue weighted by atomic mass is 31.2. The zero-order valence-electron chi connectivity index (χ0n) is 9.13. The fourth-order valence-corrected chi connectivity index (χ4v) is 4.10. The summed E-state index contributed by atoms with van der Waals surface area (Å²) in [6.45, 7) is 0. The lowest BCUT2D eigenvalue weighted by atomic mass is 11.2. The first kappa shape index (κ1) is 12.5. The highest BCUT2D eigenvalue weighted by Gasteiger charge is 2.33. The molecule has 0 radical (unpaired) electrons. The molecule has 0 saturated carbocycles. The maximum absolute atomic E-state index is 8.55. The molecule has 0 fully saturated rings. The first-order valence-corrected chi connectivity index (χ1v) is 5.48. The number of hydrogen-bond donors (Lipinski definition) is 0. The molecule has 0 aromatic rings. The summed E-state index contributed by atoms with van der Waals surface area (Å²) in [7, 11) is 9.51. The Morgan fingerprint density at radius 2 is 1.23 bits per heavy atom. The smallest absolute Gasteiger partial charge is 0.246 e. The predicted molar refractivity (Wildman–Crippen MR) is 55.5 cm³/mol. The minimum Gasteiger partial charge on any atom is -0.246 e. The molecule has 0 bridgehead atoms. The second-order valence-corrected chi connectivity index (χ2v) is 6.91. The van der Waals surface area contributed by atoms with Crippen LogP contribution < -0.4 is 0 Å². The maximum Gasteiger partial charge on any atom is 0.341 e. The predicted octanol–water partition coefficient (Wildman–Crippen LogP) is 1.39. The van der Waals surface area contributed by atoms with Crippen molar-refractivity contribution in [1.29, 1.82) is 5.39 Å². The normalized spacial score (nSPS) is 12.3. The Balaban J connectivity index is 5.37. The molecule has 0 amide bonds. The van der Waals surface area contributed by atoms with Crippen LogP contribution in [0.15, 0.2) is 4.85 Å². The van der Waals surface area contributed by atoms with Crippen LogP contribution in [0.25, 0.3) is 5.08 Å². The highest BCUT2D eigenvalue weighted by Crippen LogP contribution is 2.54. The van der Waals surface area contributed by atoms with E-state index in [9.17, 15) is 0 Å². The summed E-state index contributed by atoms with van der Waals surface area (Å²) in [5, 5.41) is 11.5. The van der Waals surface area contributed by atoms with Crippen molar-refractivity contribution < 1.29 is 0 Å². The van der Waals surface area contributed by atoms with Crippen molar-refractivity contribution in [3.63, 3.8) is 0 Å². The second kappa shape index (κ2) is 4.68. The molecule has 0 atom stereocenters. The molecule has 0 aliphatic rings. The molecule has 0 aromatic carbocycles. The SMILES string of the molecule is CN(C)P(=N[N+]#N)(N(C)C)N(C)C. The van der Waals surface area contributed by atoms with Crippen molar-refractivity contribution in [3.8, 4) is 0 Å². The highest BCUT2D eigenvalue weighted by molar-refractivity contribution is 7.59. The van der Waals surface area contributed by atoms with Crippen molar-refractivity contribution in [2.75, 3.05) is 42.3 Å². The molecule has 0 saturated heterocycles. The third kappa shape index (κ3) is 2.26. The Morgan fingerprint density at radius 1 is 0.923 bits per heavy atom. The average Bonchev–Trinajstić information content (AvgIpc) is 1.97. The molecule has 0 heterocycles. The second-order valence-electron chi connectivity index (χ2n) is 3.26. The largest absolute Gasteiger partial charge is 0.341 e. The van der Waals surface area contributed by atoms with Gasteiger partial charge in [-0.25, -0.2) is 14.0 Å². The van der Waals surface area contributed by atoms with Gasteiger partial charge in [-0.15, -0.1) is 0 Å². The molecule has 76 valence electrons. The molecule has 6 nitrogen and oxygen atoms in total. The van der Waals surface area contributed by atoms with Crippen molar-refractivity contribution in [3.05, 3.63) is 5.08 Å². The summed E-state index contributed by atoms with van der Waals surface area (Å²) in [4.78, 5) is 3.92. The zero-order valence-corrected chi connectivity index (χ0v) is 10.0. The van der Waals surface area contributed by atoms with E-state index in [1.54, 1.807) is 0 Å². The van der Waals surface area contributed by atoms with Crippen LogP contribution in [0.4, 0.5) is 0 Å². The van der Waals surface area contributed by atoms with Crippen LogP contribution in [0, 0.1) is 5.39 Å². The van der Waals surface area contributed by atoms with Crippen molar-refractivity contribution in [2.24, 2.45) is 4.85 Å². The number of rotatable bonds is 3. The van der Waals surface area contributed by atoms with E-state index >= 15 is 0 Å². The van der Waals surface area contributed by atoms with Crippen LogP contribution in [-0.2, 0) is 0 Å².